The van der Waals surface area contributed by atoms with E-state index in [0.29, 0.717) is 18.0 Å². The SMILES string of the molecule is CN1C2C1C21Cc2ccc(CNS(=O)(=O)c3cnn(C)c3)cc2C1Cc1cccc(F)c1. The van der Waals surface area contributed by atoms with Crippen molar-refractivity contribution in [3.05, 3.63) is 82.9 Å². The van der Waals surface area contributed by atoms with Gasteiger partial charge in [0.15, 0.2) is 0 Å². The molecule has 6 nitrogen and oxygen atoms in total. The van der Waals surface area contributed by atoms with Gasteiger partial charge in [-0.1, -0.05) is 30.3 Å². The lowest BCUT2D eigenvalue weighted by molar-refractivity contribution is 0.226. The Morgan fingerprint density at radius 3 is 2.66 bits per heavy atom. The zero-order valence-electron chi connectivity index (χ0n) is 18.0. The predicted molar refractivity (Wildman–Crippen MR) is 118 cm³/mol. The summed E-state index contributed by atoms with van der Waals surface area (Å²) < 4.78 is 43.2. The van der Waals surface area contributed by atoms with Crippen LogP contribution >= 0.6 is 0 Å². The minimum Gasteiger partial charge on any atom is -0.296 e. The number of hydrogen-bond donors (Lipinski definition) is 1. The third kappa shape index (κ3) is 2.97. The second-order valence-corrected chi connectivity index (χ2v) is 11.2. The van der Waals surface area contributed by atoms with Crippen molar-refractivity contribution >= 4 is 10.0 Å². The van der Waals surface area contributed by atoms with Crippen LogP contribution in [0.4, 0.5) is 4.39 Å². The summed E-state index contributed by atoms with van der Waals surface area (Å²) in [6.07, 6.45) is 4.68. The second kappa shape index (κ2) is 6.73. The molecule has 8 heteroatoms. The van der Waals surface area contributed by atoms with Crippen LogP contribution in [0.3, 0.4) is 0 Å². The molecule has 0 radical (unpaired) electrons. The summed E-state index contributed by atoms with van der Waals surface area (Å²) in [5, 5.41) is 3.95. The van der Waals surface area contributed by atoms with Gasteiger partial charge in [-0.2, -0.15) is 5.10 Å². The molecule has 0 bridgehead atoms. The first kappa shape index (κ1) is 20.1. The van der Waals surface area contributed by atoms with Crippen LogP contribution in [-0.2, 0) is 36.5 Å². The van der Waals surface area contributed by atoms with Crippen molar-refractivity contribution in [2.24, 2.45) is 12.5 Å². The Bertz CT molecular complexity index is 1330. The average Bonchev–Trinajstić information content (AvgIpc) is 3.51. The fraction of sp³-hybridized carbons (Fsp3) is 0.375. The van der Waals surface area contributed by atoms with E-state index in [1.54, 1.807) is 19.2 Å². The molecule has 2 aromatic carbocycles. The summed E-state index contributed by atoms with van der Waals surface area (Å²) in [4.78, 5) is 2.57. The molecule has 2 heterocycles. The minimum absolute atomic E-state index is 0.158. The molecule has 3 aromatic rings. The first-order chi connectivity index (χ1) is 15.3. The van der Waals surface area contributed by atoms with Gasteiger partial charge in [0.1, 0.15) is 10.7 Å². The lowest BCUT2D eigenvalue weighted by atomic mass is 9.81. The second-order valence-electron chi connectivity index (χ2n) is 9.44. The lowest BCUT2D eigenvalue weighted by Gasteiger charge is -2.29. The van der Waals surface area contributed by atoms with Gasteiger partial charge in [0, 0.05) is 37.3 Å². The highest BCUT2D eigenvalue weighted by atomic mass is 32.2. The molecule has 166 valence electrons. The molecule has 1 saturated carbocycles. The van der Waals surface area contributed by atoms with Gasteiger partial charge in [0.2, 0.25) is 10.0 Å². The Balaban J connectivity index is 1.27. The molecular weight excluding hydrogens is 427 g/mol. The average molecular weight is 453 g/mol. The maximum Gasteiger partial charge on any atom is 0.243 e. The molecule has 1 saturated heterocycles. The predicted octanol–water partition coefficient (Wildman–Crippen LogP) is 2.60. The van der Waals surface area contributed by atoms with Crippen molar-refractivity contribution in [2.75, 3.05) is 7.05 Å². The highest BCUT2D eigenvalue weighted by Gasteiger charge is 2.84. The molecule has 1 aromatic heterocycles. The molecule has 3 aliphatic rings. The van der Waals surface area contributed by atoms with Crippen LogP contribution in [0.25, 0.3) is 0 Å². The van der Waals surface area contributed by atoms with Crippen LogP contribution in [-0.4, -0.2) is 42.2 Å². The Hall–Kier alpha value is -2.55. The zero-order valence-corrected chi connectivity index (χ0v) is 18.8. The third-order valence-corrected chi connectivity index (χ3v) is 8.95. The number of nitrogens with one attached hydrogen (secondary N) is 1. The largest absolute Gasteiger partial charge is 0.296 e. The van der Waals surface area contributed by atoms with E-state index in [-0.39, 0.29) is 22.7 Å². The molecular formula is C24H25FN4O2S. The molecule has 1 spiro atoms. The Labute approximate surface area is 187 Å². The highest BCUT2D eigenvalue weighted by molar-refractivity contribution is 7.89. The summed E-state index contributed by atoms with van der Waals surface area (Å²) in [7, 11) is 0.237. The summed E-state index contributed by atoms with van der Waals surface area (Å²) >= 11 is 0. The van der Waals surface area contributed by atoms with E-state index in [4.69, 9.17) is 0 Å². The Morgan fingerprint density at radius 1 is 1.16 bits per heavy atom. The van der Waals surface area contributed by atoms with Crippen molar-refractivity contribution in [1.82, 2.24) is 19.4 Å². The van der Waals surface area contributed by atoms with Gasteiger partial charge in [0.25, 0.3) is 0 Å². The van der Waals surface area contributed by atoms with E-state index in [0.717, 1.165) is 24.0 Å². The van der Waals surface area contributed by atoms with Crippen LogP contribution in [0.1, 0.15) is 28.2 Å². The zero-order chi connectivity index (χ0) is 22.3. The number of likely N-dealkylation sites (N-methyl/N-ethyl adjacent to an activating group) is 1. The van der Waals surface area contributed by atoms with Crippen LogP contribution in [0.15, 0.2) is 59.8 Å². The van der Waals surface area contributed by atoms with Crippen LogP contribution in [0, 0.1) is 11.2 Å². The highest BCUT2D eigenvalue weighted by Crippen LogP contribution is 2.76. The smallest absolute Gasteiger partial charge is 0.243 e. The number of fused-ring (bicyclic) bond motifs is 4. The number of sulfonamides is 1. The molecule has 1 N–H and O–H groups in total. The van der Waals surface area contributed by atoms with E-state index in [9.17, 15) is 12.8 Å². The van der Waals surface area contributed by atoms with E-state index in [2.05, 4.69) is 33.9 Å². The van der Waals surface area contributed by atoms with Crippen LogP contribution in [0.5, 0.6) is 0 Å². The number of hydrogen-bond acceptors (Lipinski definition) is 4. The number of halogens is 1. The number of benzene rings is 2. The summed E-state index contributed by atoms with van der Waals surface area (Å²) in [5.41, 5.74) is 4.81. The normalized spacial score (nSPS) is 29.7. The number of likely N-dealkylation sites (tertiary alicyclic amines) is 1. The summed E-state index contributed by atoms with van der Waals surface area (Å²) in [5.74, 6) is 0.117. The lowest BCUT2D eigenvalue weighted by Crippen LogP contribution is -2.31. The molecule has 2 fully saturated rings. The molecule has 6 rings (SSSR count). The van der Waals surface area contributed by atoms with Crippen LogP contribution < -0.4 is 4.72 Å². The van der Waals surface area contributed by atoms with E-state index >= 15 is 0 Å². The van der Waals surface area contributed by atoms with Gasteiger partial charge in [-0.15, -0.1) is 0 Å². The van der Waals surface area contributed by atoms with Crippen molar-refractivity contribution in [3.63, 3.8) is 0 Å². The van der Waals surface area contributed by atoms with Gasteiger partial charge in [0.05, 0.1) is 6.20 Å². The molecule has 0 amide bonds. The van der Waals surface area contributed by atoms with Crippen molar-refractivity contribution in [1.29, 1.82) is 0 Å². The molecule has 3 atom stereocenters. The number of aromatic nitrogens is 2. The summed E-state index contributed by atoms with van der Waals surface area (Å²) in [6.45, 7) is 0.219. The van der Waals surface area contributed by atoms with E-state index < -0.39 is 10.0 Å². The molecule has 3 unspecified atom stereocenters. The first-order valence-corrected chi connectivity index (χ1v) is 12.3. The van der Waals surface area contributed by atoms with Gasteiger partial charge in [-0.3, -0.25) is 9.58 Å². The van der Waals surface area contributed by atoms with E-state index in [1.165, 1.54) is 34.3 Å². The van der Waals surface area contributed by atoms with Gasteiger partial charge in [-0.05, 0) is 60.2 Å². The maximum atomic E-state index is 13.8. The van der Waals surface area contributed by atoms with Gasteiger partial charge in [-0.25, -0.2) is 17.5 Å². The van der Waals surface area contributed by atoms with Crippen LogP contribution in [0.2, 0.25) is 0 Å². The van der Waals surface area contributed by atoms with Gasteiger partial charge >= 0.3 is 0 Å². The Kier molecular flexibility index (Phi) is 4.22. The maximum absolute atomic E-state index is 13.8. The fourth-order valence-corrected chi connectivity index (χ4v) is 7.04. The molecule has 32 heavy (non-hydrogen) atoms. The fourth-order valence-electron chi connectivity index (χ4n) is 6.04. The van der Waals surface area contributed by atoms with Crippen molar-refractivity contribution in [3.8, 4) is 0 Å². The van der Waals surface area contributed by atoms with Crippen molar-refractivity contribution < 1.29 is 12.8 Å². The topological polar surface area (TPSA) is 67.0 Å². The molecule has 1 aliphatic heterocycles. The standard InChI is InChI=1S/C24H25FN4O2S/c1-28-14-19(13-26-28)32(30,31)27-12-16-6-7-17-11-24(22-23(24)29(22)2)21(20(17)9-16)10-15-4-3-5-18(25)8-15/h3-9,13-14,21-23,27H,10-12H2,1-2H3. The summed E-state index contributed by atoms with van der Waals surface area (Å²) in [6, 6.07) is 14.4. The molecule has 2 aliphatic carbocycles. The monoisotopic (exact) mass is 452 g/mol. The quantitative estimate of drug-likeness (QED) is 0.584. The van der Waals surface area contributed by atoms with E-state index in [1.807, 2.05) is 12.1 Å². The number of aryl methyl sites for hydroxylation is 1. The minimum atomic E-state index is -3.62. The van der Waals surface area contributed by atoms with Crippen molar-refractivity contribution in [2.45, 2.75) is 42.3 Å². The Morgan fingerprint density at radius 2 is 1.97 bits per heavy atom. The van der Waals surface area contributed by atoms with Gasteiger partial charge < -0.3 is 0 Å². The third-order valence-electron chi connectivity index (χ3n) is 7.60. The number of rotatable bonds is 6. The number of nitrogens with zero attached hydrogens (tertiary/aromatic N) is 3. The first-order valence-electron chi connectivity index (χ1n) is 10.9.